The molecule has 0 saturated heterocycles. The highest BCUT2D eigenvalue weighted by Gasteiger charge is 2.15. The predicted molar refractivity (Wildman–Crippen MR) is 74.6 cm³/mol. The number of anilines is 1. The lowest BCUT2D eigenvalue weighted by Gasteiger charge is -2.19. The lowest BCUT2D eigenvalue weighted by molar-refractivity contribution is -0.131. The van der Waals surface area contributed by atoms with Gasteiger partial charge in [-0.15, -0.1) is 0 Å². The Hall–Kier alpha value is -2.11. The highest BCUT2D eigenvalue weighted by Crippen LogP contribution is 2.16. The molecule has 0 aliphatic carbocycles. The van der Waals surface area contributed by atoms with E-state index in [0.717, 1.165) is 11.1 Å². The van der Waals surface area contributed by atoms with Gasteiger partial charge in [-0.05, 0) is 32.4 Å². The molecule has 2 rings (SSSR count). The zero-order chi connectivity index (χ0) is 14.0. The van der Waals surface area contributed by atoms with Crippen molar-refractivity contribution in [1.82, 2.24) is 19.4 Å². The smallest absolute Gasteiger partial charge is 0.242 e. The molecule has 2 heterocycles. The topological polar surface area (TPSA) is 77.0 Å². The van der Waals surface area contributed by atoms with E-state index in [4.69, 9.17) is 5.73 Å². The fourth-order valence-electron chi connectivity index (χ4n) is 2.10. The van der Waals surface area contributed by atoms with Crippen molar-refractivity contribution in [2.75, 3.05) is 18.8 Å². The second-order valence-corrected chi connectivity index (χ2v) is 4.48. The van der Waals surface area contributed by atoms with Crippen LogP contribution < -0.4 is 5.73 Å². The Morgan fingerprint density at radius 2 is 2.11 bits per heavy atom. The van der Waals surface area contributed by atoms with Gasteiger partial charge in [-0.2, -0.15) is 0 Å². The summed E-state index contributed by atoms with van der Waals surface area (Å²) in [5.41, 5.74) is 8.28. The van der Waals surface area contributed by atoms with E-state index in [0.29, 0.717) is 24.7 Å². The SMILES string of the molecule is CCN(CC)C(=O)Cn1c(N)nc2cc(C)cnc21. The molecule has 102 valence electrons. The van der Waals surface area contributed by atoms with Gasteiger partial charge in [0, 0.05) is 19.3 Å². The average molecular weight is 261 g/mol. The van der Waals surface area contributed by atoms with Crippen molar-refractivity contribution in [3.05, 3.63) is 17.8 Å². The average Bonchev–Trinajstić information content (AvgIpc) is 2.66. The minimum absolute atomic E-state index is 0.0263. The van der Waals surface area contributed by atoms with E-state index >= 15 is 0 Å². The Morgan fingerprint density at radius 1 is 1.42 bits per heavy atom. The number of hydrogen-bond donors (Lipinski definition) is 1. The Kier molecular flexibility index (Phi) is 3.69. The van der Waals surface area contributed by atoms with Gasteiger partial charge >= 0.3 is 0 Å². The molecule has 0 aromatic carbocycles. The van der Waals surface area contributed by atoms with Gasteiger partial charge in [-0.25, -0.2) is 9.97 Å². The number of nitrogen functional groups attached to an aromatic ring is 1. The van der Waals surface area contributed by atoms with E-state index in [9.17, 15) is 4.79 Å². The Morgan fingerprint density at radius 3 is 2.74 bits per heavy atom. The number of hydrogen-bond acceptors (Lipinski definition) is 4. The lowest BCUT2D eigenvalue weighted by atomic mass is 10.3. The minimum atomic E-state index is 0.0263. The van der Waals surface area contributed by atoms with E-state index in [2.05, 4.69) is 9.97 Å². The molecule has 19 heavy (non-hydrogen) atoms. The van der Waals surface area contributed by atoms with Crippen molar-refractivity contribution in [1.29, 1.82) is 0 Å². The number of rotatable bonds is 4. The van der Waals surface area contributed by atoms with Crippen LogP contribution in [-0.4, -0.2) is 38.4 Å². The maximum Gasteiger partial charge on any atom is 0.242 e. The van der Waals surface area contributed by atoms with Crippen LogP contribution in [0.5, 0.6) is 0 Å². The highest BCUT2D eigenvalue weighted by atomic mass is 16.2. The maximum atomic E-state index is 12.1. The normalized spacial score (nSPS) is 10.9. The van der Waals surface area contributed by atoms with Crippen molar-refractivity contribution in [2.24, 2.45) is 0 Å². The van der Waals surface area contributed by atoms with Gasteiger partial charge in [0.2, 0.25) is 11.9 Å². The van der Waals surface area contributed by atoms with Gasteiger partial charge in [0.15, 0.2) is 5.65 Å². The summed E-state index contributed by atoms with van der Waals surface area (Å²) in [4.78, 5) is 22.5. The summed E-state index contributed by atoms with van der Waals surface area (Å²) in [7, 11) is 0. The molecule has 0 bridgehead atoms. The van der Waals surface area contributed by atoms with E-state index in [1.54, 1.807) is 15.7 Å². The fraction of sp³-hybridized carbons (Fsp3) is 0.462. The first-order valence-corrected chi connectivity index (χ1v) is 6.43. The number of nitrogens with zero attached hydrogens (tertiary/aromatic N) is 4. The summed E-state index contributed by atoms with van der Waals surface area (Å²) in [6.07, 6.45) is 1.75. The van der Waals surface area contributed by atoms with Crippen molar-refractivity contribution in [3.8, 4) is 0 Å². The van der Waals surface area contributed by atoms with Crippen molar-refractivity contribution < 1.29 is 4.79 Å². The van der Waals surface area contributed by atoms with Crippen molar-refractivity contribution in [2.45, 2.75) is 27.3 Å². The number of carbonyl (C=O) groups excluding carboxylic acids is 1. The molecule has 2 aromatic heterocycles. The molecule has 0 aliphatic heterocycles. The number of carbonyl (C=O) groups is 1. The number of imidazole rings is 1. The molecule has 1 amide bonds. The summed E-state index contributed by atoms with van der Waals surface area (Å²) in [6, 6.07) is 1.91. The molecular weight excluding hydrogens is 242 g/mol. The predicted octanol–water partition coefficient (Wildman–Crippen LogP) is 1.19. The Labute approximate surface area is 112 Å². The number of nitrogens with two attached hydrogens (primary N) is 1. The molecule has 6 nitrogen and oxygen atoms in total. The van der Waals surface area contributed by atoms with Crippen LogP contribution in [0.25, 0.3) is 11.2 Å². The van der Waals surface area contributed by atoms with Crippen LogP contribution in [0.3, 0.4) is 0 Å². The summed E-state index contributed by atoms with van der Waals surface area (Å²) in [6.45, 7) is 7.42. The summed E-state index contributed by atoms with van der Waals surface area (Å²) in [5, 5.41) is 0. The van der Waals surface area contributed by atoms with Gasteiger partial charge < -0.3 is 10.6 Å². The van der Waals surface area contributed by atoms with Crippen LogP contribution in [0.1, 0.15) is 19.4 Å². The molecule has 0 saturated carbocycles. The molecule has 0 radical (unpaired) electrons. The van der Waals surface area contributed by atoms with Crippen LogP contribution in [-0.2, 0) is 11.3 Å². The Balaban J connectivity index is 2.35. The zero-order valence-electron chi connectivity index (χ0n) is 11.6. The number of aryl methyl sites for hydroxylation is 1. The second-order valence-electron chi connectivity index (χ2n) is 4.48. The first-order valence-electron chi connectivity index (χ1n) is 6.43. The highest BCUT2D eigenvalue weighted by molar-refractivity contribution is 5.81. The molecule has 2 aromatic rings. The van der Waals surface area contributed by atoms with Gasteiger partial charge in [0.05, 0.1) is 0 Å². The van der Waals surface area contributed by atoms with E-state index in [1.807, 2.05) is 26.8 Å². The van der Waals surface area contributed by atoms with Crippen molar-refractivity contribution >= 4 is 23.0 Å². The standard InChI is InChI=1S/C13H19N5O/c1-4-17(5-2)11(19)8-18-12-10(16-13(18)14)6-9(3)7-15-12/h6-7H,4-5,8H2,1-3H3,(H2,14,16). The fourth-order valence-corrected chi connectivity index (χ4v) is 2.10. The molecule has 6 heteroatoms. The molecule has 0 atom stereocenters. The van der Waals surface area contributed by atoms with E-state index in [-0.39, 0.29) is 12.5 Å². The number of likely N-dealkylation sites (N-methyl/N-ethyl adjacent to an activating group) is 1. The van der Waals surface area contributed by atoms with Gasteiger partial charge in [0.1, 0.15) is 12.1 Å². The Bertz CT molecular complexity index is 600. The van der Waals surface area contributed by atoms with Crippen LogP contribution in [0, 0.1) is 6.92 Å². The van der Waals surface area contributed by atoms with E-state index in [1.165, 1.54) is 0 Å². The number of fused-ring (bicyclic) bond motifs is 1. The number of amides is 1. The second kappa shape index (κ2) is 5.26. The quantitative estimate of drug-likeness (QED) is 0.896. The minimum Gasteiger partial charge on any atom is -0.369 e. The zero-order valence-corrected chi connectivity index (χ0v) is 11.6. The lowest BCUT2D eigenvalue weighted by Crippen LogP contribution is -2.33. The van der Waals surface area contributed by atoms with Crippen LogP contribution in [0.15, 0.2) is 12.3 Å². The van der Waals surface area contributed by atoms with Gasteiger partial charge in [-0.1, -0.05) is 0 Å². The molecule has 0 fully saturated rings. The largest absolute Gasteiger partial charge is 0.369 e. The third-order valence-electron chi connectivity index (χ3n) is 3.16. The first-order chi connectivity index (χ1) is 9.06. The summed E-state index contributed by atoms with van der Waals surface area (Å²) >= 11 is 0. The first kappa shape index (κ1) is 13.3. The summed E-state index contributed by atoms with van der Waals surface area (Å²) < 4.78 is 1.66. The number of pyridine rings is 1. The van der Waals surface area contributed by atoms with Gasteiger partial charge in [-0.3, -0.25) is 9.36 Å². The van der Waals surface area contributed by atoms with Gasteiger partial charge in [0.25, 0.3) is 0 Å². The molecule has 2 N–H and O–H groups in total. The molecule has 0 spiro atoms. The van der Waals surface area contributed by atoms with Crippen LogP contribution in [0.2, 0.25) is 0 Å². The summed E-state index contributed by atoms with van der Waals surface area (Å²) in [5.74, 6) is 0.354. The monoisotopic (exact) mass is 261 g/mol. The van der Waals surface area contributed by atoms with E-state index < -0.39 is 0 Å². The van der Waals surface area contributed by atoms with Crippen molar-refractivity contribution in [3.63, 3.8) is 0 Å². The third kappa shape index (κ3) is 2.52. The van der Waals surface area contributed by atoms with Crippen LogP contribution in [0.4, 0.5) is 5.95 Å². The third-order valence-corrected chi connectivity index (χ3v) is 3.16. The van der Waals surface area contributed by atoms with Crippen LogP contribution >= 0.6 is 0 Å². The molecule has 0 aliphatic rings. The maximum absolute atomic E-state index is 12.1. The molecule has 0 unspecified atom stereocenters. The molecular formula is C13H19N5O. The number of aromatic nitrogens is 3.